The van der Waals surface area contributed by atoms with Crippen LogP contribution in [0.5, 0.6) is 5.75 Å². The van der Waals surface area contributed by atoms with Crippen molar-refractivity contribution >= 4 is 28.5 Å². The number of carbonyl (C=O) groups is 1. The molecule has 3 aromatic rings. The lowest BCUT2D eigenvalue weighted by molar-refractivity contribution is -0.0861. The van der Waals surface area contributed by atoms with E-state index in [1.165, 1.54) is 23.7 Å². The third-order valence-electron chi connectivity index (χ3n) is 8.02. The summed E-state index contributed by atoms with van der Waals surface area (Å²) in [6.45, 7) is 3.72. The number of piperidine rings is 1. The number of phenolic OH excluding ortho intramolecular Hbond substituents is 1. The van der Waals surface area contributed by atoms with Crippen LogP contribution in [0.4, 0.5) is 29.5 Å². The number of halogens is 3. The topological polar surface area (TPSA) is 120 Å². The number of amides is 1. The Morgan fingerprint density at radius 2 is 1.85 bits per heavy atom. The van der Waals surface area contributed by atoms with Crippen LogP contribution in [0, 0.1) is 11.7 Å². The lowest BCUT2D eigenvalue weighted by Gasteiger charge is -2.35. The molecule has 41 heavy (non-hydrogen) atoms. The molecule has 1 unspecified atom stereocenters. The van der Waals surface area contributed by atoms with E-state index in [0.29, 0.717) is 37.4 Å². The summed E-state index contributed by atoms with van der Waals surface area (Å²) in [7, 11) is 1.48. The molecule has 2 aromatic carbocycles. The van der Waals surface area contributed by atoms with Gasteiger partial charge in [0.15, 0.2) is 0 Å². The zero-order valence-electron chi connectivity index (χ0n) is 22.7. The summed E-state index contributed by atoms with van der Waals surface area (Å²) in [6, 6.07) is 6.24. The van der Waals surface area contributed by atoms with Gasteiger partial charge >= 0.3 is 11.8 Å². The SMILES string of the molecule is CC(Nc1nc(=O)n(C)c2c(O)cc(N3CCOCC3)cc12)c1cccc(C(F)(F)C2CCN(C(=O)O)CC2)c1F. The molecular formula is C28H32F3N5O5. The van der Waals surface area contributed by atoms with Gasteiger partial charge in [-0.2, -0.15) is 4.98 Å². The summed E-state index contributed by atoms with van der Waals surface area (Å²) in [6.07, 6.45) is -1.34. The lowest BCUT2D eigenvalue weighted by Crippen LogP contribution is -2.42. The quantitative estimate of drug-likeness (QED) is 0.399. The zero-order chi connectivity index (χ0) is 29.5. The summed E-state index contributed by atoms with van der Waals surface area (Å²) in [5, 5.41) is 23.4. The lowest BCUT2D eigenvalue weighted by atomic mass is 9.85. The van der Waals surface area contributed by atoms with Gasteiger partial charge in [-0.15, -0.1) is 0 Å². The molecule has 2 saturated heterocycles. The van der Waals surface area contributed by atoms with Crippen LogP contribution in [-0.4, -0.2) is 70.2 Å². The Morgan fingerprint density at radius 3 is 2.51 bits per heavy atom. The van der Waals surface area contributed by atoms with Crippen LogP contribution in [0.2, 0.25) is 0 Å². The van der Waals surface area contributed by atoms with Crippen LogP contribution >= 0.6 is 0 Å². The number of phenols is 1. The summed E-state index contributed by atoms with van der Waals surface area (Å²) in [5.41, 5.74) is -0.544. The number of anilines is 2. The van der Waals surface area contributed by atoms with Crippen molar-refractivity contribution in [3.63, 3.8) is 0 Å². The number of benzene rings is 2. The van der Waals surface area contributed by atoms with Gasteiger partial charge in [-0.05, 0) is 25.8 Å². The average Bonchev–Trinajstić information content (AvgIpc) is 2.95. The van der Waals surface area contributed by atoms with Crippen molar-refractivity contribution < 1.29 is 32.9 Å². The van der Waals surface area contributed by atoms with Crippen molar-refractivity contribution in [2.45, 2.75) is 31.7 Å². The van der Waals surface area contributed by atoms with Crippen LogP contribution in [0.1, 0.15) is 36.9 Å². The van der Waals surface area contributed by atoms with Crippen molar-refractivity contribution in [2.24, 2.45) is 13.0 Å². The van der Waals surface area contributed by atoms with E-state index < -0.39 is 41.0 Å². The highest BCUT2D eigenvalue weighted by Crippen LogP contribution is 2.44. The molecule has 10 nitrogen and oxygen atoms in total. The number of ether oxygens (including phenoxy) is 1. The zero-order valence-corrected chi connectivity index (χ0v) is 22.7. The van der Waals surface area contributed by atoms with E-state index in [1.807, 2.05) is 4.90 Å². The van der Waals surface area contributed by atoms with Gasteiger partial charge in [-0.3, -0.25) is 4.57 Å². The van der Waals surface area contributed by atoms with Crippen LogP contribution in [0.15, 0.2) is 35.1 Å². The fourth-order valence-corrected chi connectivity index (χ4v) is 5.66. The second kappa shape index (κ2) is 11.1. The Bertz CT molecular complexity index is 1520. The smallest absolute Gasteiger partial charge is 0.407 e. The first-order chi connectivity index (χ1) is 19.5. The average molecular weight is 576 g/mol. The van der Waals surface area contributed by atoms with Crippen LogP contribution in [0.3, 0.4) is 0 Å². The number of likely N-dealkylation sites (tertiary alicyclic amines) is 1. The van der Waals surface area contributed by atoms with Crippen LogP contribution < -0.4 is 15.9 Å². The Balaban J connectivity index is 1.47. The molecule has 1 aromatic heterocycles. The normalized spacial score (nSPS) is 17.6. The maximum absolute atomic E-state index is 15.7. The fraction of sp³-hybridized carbons (Fsp3) is 0.464. The van der Waals surface area contributed by atoms with Crippen molar-refractivity contribution in [3.05, 3.63) is 57.8 Å². The molecule has 0 saturated carbocycles. The number of rotatable bonds is 6. The van der Waals surface area contributed by atoms with E-state index in [-0.39, 0.29) is 48.6 Å². The largest absolute Gasteiger partial charge is 0.506 e. The maximum Gasteiger partial charge on any atom is 0.407 e. The molecule has 2 aliphatic heterocycles. The molecular weight excluding hydrogens is 543 g/mol. The highest BCUT2D eigenvalue weighted by molar-refractivity contribution is 5.96. The Kier molecular flexibility index (Phi) is 7.73. The monoisotopic (exact) mass is 575 g/mol. The molecule has 13 heteroatoms. The number of carboxylic acid groups (broad SMARTS) is 1. The second-order valence-electron chi connectivity index (χ2n) is 10.5. The second-order valence-corrected chi connectivity index (χ2v) is 10.5. The number of aromatic hydroxyl groups is 1. The molecule has 0 aliphatic carbocycles. The number of nitrogens with one attached hydrogen (secondary N) is 1. The molecule has 0 spiro atoms. The summed E-state index contributed by atoms with van der Waals surface area (Å²) >= 11 is 0. The first-order valence-corrected chi connectivity index (χ1v) is 13.5. The fourth-order valence-electron chi connectivity index (χ4n) is 5.66. The Labute approximate surface area is 234 Å². The first kappa shape index (κ1) is 28.5. The third-order valence-corrected chi connectivity index (χ3v) is 8.02. The summed E-state index contributed by atoms with van der Waals surface area (Å²) < 4.78 is 53.5. The molecule has 0 bridgehead atoms. The van der Waals surface area contributed by atoms with Gasteiger partial charge in [0.05, 0.1) is 30.3 Å². The minimum atomic E-state index is -3.52. The third kappa shape index (κ3) is 5.37. The van der Waals surface area contributed by atoms with E-state index in [9.17, 15) is 14.7 Å². The Morgan fingerprint density at radius 1 is 1.17 bits per heavy atom. The van der Waals surface area contributed by atoms with Gasteiger partial charge in [-0.1, -0.05) is 18.2 Å². The molecule has 220 valence electrons. The predicted octanol–water partition coefficient (Wildman–Crippen LogP) is 4.27. The number of hydrogen-bond donors (Lipinski definition) is 3. The number of aromatic nitrogens is 2. The standard InChI is InChI=1S/C28H32F3N5O5/c1-16(19-4-3-5-21(23(19)29)28(30,31)17-6-8-36(9-7-17)27(39)40)32-25-20-14-18(35-10-12-41-13-11-35)15-22(37)24(20)34(2)26(38)33-25/h3-5,14-17,37H,6-13H2,1-2H3,(H,39,40)(H,32,33,38). The highest BCUT2D eigenvalue weighted by atomic mass is 19.3. The van der Waals surface area contributed by atoms with Gasteiger partial charge in [0.1, 0.15) is 17.4 Å². The minimum absolute atomic E-state index is 0.0458. The van der Waals surface area contributed by atoms with Crippen LogP contribution in [-0.2, 0) is 17.7 Å². The molecule has 3 N–H and O–H groups in total. The number of fused-ring (bicyclic) bond motifs is 1. The van der Waals surface area contributed by atoms with Gasteiger partial charge in [0.2, 0.25) is 0 Å². The van der Waals surface area contributed by atoms with E-state index in [1.54, 1.807) is 19.1 Å². The molecule has 1 atom stereocenters. The van der Waals surface area contributed by atoms with E-state index in [4.69, 9.17) is 9.84 Å². The predicted molar refractivity (Wildman–Crippen MR) is 146 cm³/mol. The Hall–Kier alpha value is -4.00. The first-order valence-electron chi connectivity index (χ1n) is 13.5. The number of morpholine rings is 1. The number of alkyl halides is 2. The van der Waals surface area contributed by atoms with Gasteiger partial charge in [0.25, 0.3) is 5.92 Å². The minimum Gasteiger partial charge on any atom is -0.506 e. The van der Waals surface area contributed by atoms with Crippen molar-refractivity contribution in [1.82, 2.24) is 14.5 Å². The van der Waals surface area contributed by atoms with E-state index in [2.05, 4.69) is 10.3 Å². The van der Waals surface area contributed by atoms with Gasteiger partial charge in [0, 0.05) is 61.8 Å². The molecule has 0 radical (unpaired) electrons. The number of hydrogen-bond acceptors (Lipinski definition) is 7. The molecule has 2 aliphatic rings. The highest BCUT2D eigenvalue weighted by Gasteiger charge is 2.45. The van der Waals surface area contributed by atoms with E-state index in [0.717, 1.165) is 11.0 Å². The summed E-state index contributed by atoms with van der Waals surface area (Å²) in [4.78, 5) is 31.0. The van der Waals surface area contributed by atoms with Crippen molar-refractivity contribution in [2.75, 3.05) is 49.6 Å². The molecule has 2 fully saturated rings. The summed E-state index contributed by atoms with van der Waals surface area (Å²) in [5.74, 6) is -5.86. The van der Waals surface area contributed by atoms with Crippen molar-refractivity contribution in [1.29, 1.82) is 0 Å². The maximum atomic E-state index is 15.7. The van der Waals surface area contributed by atoms with Gasteiger partial charge in [-0.25, -0.2) is 22.8 Å². The van der Waals surface area contributed by atoms with Gasteiger partial charge < -0.3 is 30.1 Å². The van der Waals surface area contributed by atoms with E-state index >= 15 is 13.2 Å². The molecule has 5 rings (SSSR count). The molecule has 3 heterocycles. The van der Waals surface area contributed by atoms with Crippen molar-refractivity contribution in [3.8, 4) is 5.75 Å². The number of nitrogens with zero attached hydrogens (tertiary/aromatic N) is 4. The number of aryl methyl sites for hydroxylation is 1. The van der Waals surface area contributed by atoms with Crippen LogP contribution in [0.25, 0.3) is 10.9 Å². The molecule has 1 amide bonds.